The van der Waals surface area contributed by atoms with E-state index in [9.17, 15) is 5.11 Å². The molecule has 1 N–H and O–H groups in total. The minimum atomic E-state index is -0.585. The molecule has 3 heteroatoms. The maximum Gasteiger partial charge on any atom is 0.125 e. The maximum absolute atomic E-state index is 9.58. The zero-order chi connectivity index (χ0) is 12.1. The third kappa shape index (κ3) is 3.87. The molecule has 0 fully saturated rings. The second-order valence-corrected chi connectivity index (χ2v) is 4.35. The molecule has 1 atom stereocenters. The number of hydrogen-bond acceptors (Lipinski definition) is 2. The second-order valence-electron chi connectivity index (χ2n) is 3.91. The summed E-state index contributed by atoms with van der Waals surface area (Å²) in [6.45, 7) is 8.02. The monoisotopic (exact) mass is 240 g/mol. The summed E-state index contributed by atoms with van der Waals surface area (Å²) in [7, 11) is 0. The van der Waals surface area contributed by atoms with E-state index in [1.165, 1.54) is 0 Å². The van der Waals surface area contributed by atoms with Gasteiger partial charge in [0, 0.05) is 17.0 Å². The number of hydrogen-bond donors (Lipinski definition) is 1. The second kappa shape index (κ2) is 5.92. The van der Waals surface area contributed by atoms with E-state index in [2.05, 4.69) is 6.58 Å². The minimum absolute atomic E-state index is 0.566. The van der Waals surface area contributed by atoms with Crippen molar-refractivity contribution in [2.45, 2.75) is 26.4 Å². The van der Waals surface area contributed by atoms with Gasteiger partial charge in [0.2, 0.25) is 0 Å². The molecule has 0 saturated heterocycles. The highest BCUT2D eigenvalue weighted by Gasteiger charge is 2.09. The zero-order valence-corrected chi connectivity index (χ0v) is 10.4. The Morgan fingerprint density at radius 3 is 2.81 bits per heavy atom. The molecular formula is C13H17ClO2. The lowest BCUT2D eigenvalue weighted by atomic mass is 10.1. The van der Waals surface area contributed by atoms with Crippen LogP contribution in [0.25, 0.3) is 0 Å². The van der Waals surface area contributed by atoms with Gasteiger partial charge in [-0.15, -0.1) is 6.58 Å². The lowest BCUT2D eigenvalue weighted by Crippen LogP contribution is -2.02. The highest BCUT2D eigenvalue weighted by Crippen LogP contribution is 2.28. The van der Waals surface area contributed by atoms with Crippen LogP contribution in [0, 0.1) is 0 Å². The van der Waals surface area contributed by atoms with E-state index in [-0.39, 0.29) is 0 Å². The molecule has 1 aromatic rings. The third-order valence-corrected chi connectivity index (χ3v) is 2.44. The first-order chi connectivity index (χ1) is 7.50. The minimum Gasteiger partial charge on any atom is -0.493 e. The Morgan fingerprint density at radius 2 is 2.25 bits per heavy atom. The number of aliphatic hydroxyl groups excluding tert-OH is 1. The molecule has 0 saturated carbocycles. The van der Waals surface area contributed by atoms with Gasteiger partial charge < -0.3 is 9.84 Å². The van der Waals surface area contributed by atoms with Crippen molar-refractivity contribution in [3.63, 3.8) is 0 Å². The number of aliphatic hydroxyl groups is 1. The van der Waals surface area contributed by atoms with E-state index in [4.69, 9.17) is 16.3 Å². The van der Waals surface area contributed by atoms with Crippen molar-refractivity contribution in [3.8, 4) is 5.75 Å². The lowest BCUT2D eigenvalue weighted by molar-refractivity contribution is 0.191. The topological polar surface area (TPSA) is 29.5 Å². The number of halogens is 1. The molecule has 0 spiro atoms. The van der Waals surface area contributed by atoms with Gasteiger partial charge >= 0.3 is 0 Å². The van der Waals surface area contributed by atoms with Gasteiger partial charge in [0.25, 0.3) is 0 Å². The number of rotatable bonds is 5. The standard InChI is InChI=1S/C13H17ClO2/c1-9(2)6-7-16-13-5-4-11(14)8-12(13)10(3)15/h4-5,8,10,15H,1,6-7H2,2-3H3. The highest BCUT2D eigenvalue weighted by atomic mass is 35.5. The van der Waals surface area contributed by atoms with Crippen molar-refractivity contribution in [1.82, 2.24) is 0 Å². The van der Waals surface area contributed by atoms with E-state index in [0.29, 0.717) is 22.9 Å². The average Bonchev–Trinajstić information content (AvgIpc) is 2.19. The van der Waals surface area contributed by atoms with Crippen LogP contribution >= 0.6 is 11.6 Å². The lowest BCUT2D eigenvalue weighted by Gasteiger charge is -2.13. The molecule has 0 aliphatic rings. The third-order valence-electron chi connectivity index (χ3n) is 2.21. The van der Waals surface area contributed by atoms with Crippen molar-refractivity contribution in [2.75, 3.05) is 6.61 Å². The van der Waals surface area contributed by atoms with Gasteiger partial charge in [-0.25, -0.2) is 0 Å². The van der Waals surface area contributed by atoms with Gasteiger partial charge in [-0.2, -0.15) is 0 Å². The number of ether oxygens (including phenoxy) is 1. The summed E-state index contributed by atoms with van der Waals surface area (Å²) in [6, 6.07) is 5.26. The normalized spacial score (nSPS) is 12.2. The fourth-order valence-corrected chi connectivity index (χ4v) is 1.49. The molecule has 1 unspecified atom stereocenters. The molecule has 1 rings (SSSR count). The summed E-state index contributed by atoms with van der Waals surface area (Å²) in [6.07, 6.45) is 0.223. The van der Waals surface area contributed by atoms with E-state index in [1.54, 1.807) is 25.1 Å². The Hall–Kier alpha value is -0.990. The molecule has 88 valence electrons. The van der Waals surface area contributed by atoms with Crippen molar-refractivity contribution in [3.05, 3.63) is 40.9 Å². The molecule has 16 heavy (non-hydrogen) atoms. The van der Waals surface area contributed by atoms with E-state index in [0.717, 1.165) is 12.0 Å². The van der Waals surface area contributed by atoms with Gasteiger partial charge in [-0.3, -0.25) is 0 Å². The van der Waals surface area contributed by atoms with Gasteiger partial charge in [0.15, 0.2) is 0 Å². The summed E-state index contributed by atoms with van der Waals surface area (Å²) in [5.74, 6) is 0.681. The predicted molar refractivity (Wildman–Crippen MR) is 67.0 cm³/mol. The van der Waals surface area contributed by atoms with Crippen LogP contribution in [-0.2, 0) is 0 Å². The average molecular weight is 241 g/mol. The van der Waals surface area contributed by atoms with E-state index >= 15 is 0 Å². The molecule has 0 bridgehead atoms. The first-order valence-corrected chi connectivity index (χ1v) is 5.63. The molecule has 0 aliphatic heterocycles. The predicted octanol–water partition coefficient (Wildman–Crippen LogP) is 3.74. The van der Waals surface area contributed by atoms with Crippen LogP contribution < -0.4 is 4.74 Å². The molecule has 0 aliphatic carbocycles. The molecule has 0 heterocycles. The SMILES string of the molecule is C=C(C)CCOc1ccc(Cl)cc1C(C)O. The van der Waals surface area contributed by atoms with Gasteiger partial charge in [-0.1, -0.05) is 17.2 Å². The summed E-state index contributed by atoms with van der Waals surface area (Å²) in [5, 5.41) is 10.2. The first-order valence-electron chi connectivity index (χ1n) is 5.25. The largest absolute Gasteiger partial charge is 0.493 e. The fourth-order valence-electron chi connectivity index (χ4n) is 1.31. The molecule has 0 radical (unpaired) electrons. The van der Waals surface area contributed by atoms with Crippen LogP contribution in [0.5, 0.6) is 5.75 Å². The van der Waals surface area contributed by atoms with Gasteiger partial charge in [0.05, 0.1) is 12.7 Å². The van der Waals surface area contributed by atoms with Crippen LogP contribution in [0.2, 0.25) is 5.02 Å². The van der Waals surface area contributed by atoms with Crippen LogP contribution in [0.3, 0.4) is 0 Å². The van der Waals surface area contributed by atoms with Crippen LogP contribution in [-0.4, -0.2) is 11.7 Å². The Labute approximate surface area is 102 Å². The Bertz CT molecular complexity index is 372. The molecule has 0 amide bonds. The van der Waals surface area contributed by atoms with Gasteiger partial charge in [-0.05, 0) is 32.0 Å². The molecule has 1 aromatic carbocycles. The molecule has 2 nitrogen and oxygen atoms in total. The summed E-state index contributed by atoms with van der Waals surface area (Å²) < 4.78 is 5.58. The molecular weight excluding hydrogens is 224 g/mol. The van der Waals surface area contributed by atoms with Crippen LogP contribution in [0.15, 0.2) is 30.4 Å². The van der Waals surface area contributed by atoms with Crippen molar-refractivity contribution < 1.29 is 9.84 Å². The highest BCUT2D eigenvalue weighted by molar-refractivity contribution is 6.30. The summed E-state index contributed by atoms with van der Waals surface area (Å²) in [4.78, 5) is 0. The van der Waals surface area contributed by atoms with Gasteiger partial charge in [0.1, 0.15) is 5.75 Å². The Balaban J connectivity index is 2.74. The zero-order valence-electron chi connectivity index (χ0n) is 9.66. The van der Waals surface area contributed by atoms with E-state index < -0.39 is 6.10 Å². The maximum atomic E-state index is 9.58. The molecule has 0 aromatic heterocycles. The van der Waals surface area contributed by atoms with E-state index in [1.807, 2.05) is 6.92 Å². The van der Waals surface area contributed by atoms with Crippen molar-refractivity contribution >= 4 is 11.6 Å². The van der Waals surface area contributed by atoms with Crippen molar-refractivity contribution in [2.24, 2.45) is 0 Å². The smallest absolute Gasteiger partial charge is 0.125 e. The summed E-state index contributed by atoms with van der Waals surface area (Å²) in [5.41, 5.74) is 1.79. The summed E-state index contributed by atoms with van der Waals surface area (Å²) >= 11 is 5.86. The first kappa shape index (κ1) is 13.1. The number of benzene rings is 1. The fraction of sp³-hybridized carbons (Fsp3) is 0.385. The Morgan fingerprint density at radius 1 is 1.56 bits per heavy atom. The quantitative estimate of drug-likeness (QED) is 0.795. The van der Waals surface area contributed by atoms with Crippen molar-refractivity contribution in [1.29, 1.82) is 0 Å². The Kier molecular flexibility index (Phi) is 4.84. The van der Waals surface area contributed by atoms with Crippen LogP contribution in [0.4, 0.5) is 0 Å². The van der Waals surface area contributed by atoms with Crippen LogP contribution in [0.1, 0.15) is 31.9 Å².